The molecule has 0 bridgehead atoms. The number of hydrogen-bond donors (Lipinski definition) is 1. The van der Waals surface area contributed by atoms with E-state index in [9.17, 15) is 0 Å². The maximum absolute atomic E-state index is 5.67. The summed E-state index contributed by atoms with van der Waals surface area (Å²) < 4.78 is 1.66. The van der Waals surface area contributed by atoms with Crippen LogP contribution in [0, 0.1) is 0 Å². The van der Waals surface area contributed by atoms with Gasteiger partial charge in [0.1, 0.15) is 0 Å². The molecular weight excluding hydrogens is 242 g/mol. The van der Waals surface area contributed by atoms with Crippen molar-refractivity contribution in [3.63, 3.8) is 0 Å². The number of nitrogens with zero attached hydrogens (tertiary/aromatic N) is 6. The van der Waals surface area contributed by atoms with Gasteiger partial charge >= 0.3 is 0 Å². The van der Waals surface area contributed by atoms with Crippen LogP contribution in [0.15, 0.2) is 36.7 Å². The summed E-state index contributed by atoms with van der Waals surface area (Å²) in [5, 5.41) is 11.5. The molecule has 0 aliphatic rings. The van der Waals surface area contributed by atoms with Gasteiger partial charge in [0.2, 0.25) is 0 Å². The highest BCUT2D eigenvalue weighted by atomic mass is 15.5. The van der Waals surface area contributed by atoms with Gasteiger partial charge in [-0.25, -0.2) is 0 Å². The fourth-order valence-electron chi connectivity index (χ4n) is 1.90. The van der Waals surface area contributed by atoms with Crippen molar-refractivity contribution in [3.05, 3.63) is 42.2 Å². The normalized spacial score (nSPS) is 10.8. The number of tetrazole rings is 1. The average Bonchev–Trinajstić information content (AvgIpc) is 2.89. The van der Waals surface area contributed by atoms with E-state index in [1.165, 1.54) is 0 Å². The molecule has 2 aromatic heterocycles. The first kappa shape index (κ1) is 11.4. The van der Waals surface area contributed by atoms with Crippen molar-refractivity contribution < 1.29 is 0 Å². The van der Waals surface area contributed by atoms with Crippen molar-refractivity contribution >= 4 is 17.2 Å². The Morgan fingerprint density at radius 3 is 2.79 bits per heavy atom. The van der Waals surface area contributed by atoms with Gasteiger partial charge in [0.25, 0.3) is 0 Å². The first-order valence-electron chi connectivity index (χ1n) is 5.82. The Morgan fingerprint density at radius 2 is 2.00 bits per heavy atom. The zero-order chi connectivity index (χ0) is 13.2. The van der Waals surface area contributed by atoms with Crippen LogP contribution >= 0.6 is 0 Å². The van der Waals surface area contributed by atoms with Crippen LogP contribution in [0.2, 0.25) is 0 Å². The van der Waals surface area contributed by atoms with Crippen molar-refractivity contribution in [1.82, 2.24) is 25.0 Å². The largest absolute Gasteiger partial charge is 0.399 e. The molecule has 0 aliphatic carbocycles. The second kappa shape index (κ2) is 4.52. The number of aromatic nitrogens is 5. The van der Waals surface area contributed by atoms with Gasteiger partial charge in [-0.2, -0.15) is 4.52 Å². The second-order valence-corrected chi connectivity index (χ2v) is 4.31. The summed E-state index contributed by atoms with van der Waals surface area (Å²) in [6, 6.07) is 7.77. The van der Waals surface area contributed by atoms with E-state index in [1.54, 1.807) is 16.9 Å². The lowest BCUT2D eigenvalue weighted by atomic mass is 10.2. The molecule has 0 atom stereocenters. The van der Waals surface area contributed by atoms with Crippen molar-refractivity contribution in [3.8, 4) is 0 Å². The Balaban J connectivity index is 1.89. The molecule has 0 amide bonds. The summed E-state index contributed by atoms with van der Waals surface area (Å²) in [7, 11) is 1.97. The van der Waals surface area contributed by atoms with Crippen LogP contribution in [0.5, 0.6) is 0 Å². The highest BCUT2D eigenvalue weighted by Gasteiger charge is 2.09. The number of nitrogens with two attached hydrogens (primary N) is 1. The Labute approximate surface area is 109 Å². The van der Waals surface area contributed by atoms with Gasteiger partial charge in [0, 0.05) is 19.3 Å². The summed E-state index contributed by atoms with van der Waals surface area (Å²) in [6.07, 6.45) is 3.36. The van der Waals surface area contributed by atoms with E-state index >= 15 is 0 Å². The van der Waals surface area contributed by atoms with Gasteiger partial charge in [-0.15, -0.1) is 5.10 Å². The molecule has 7 heteroatoms. The quantitative estimate of drug-likeness (QED) is 0.695. The van der Waals surface area contributed by atoms with Gasteiger partial charge in [-0.1, -0.05) is 12.1 Å². The predicted molar refractivity (Wildman–Crippen MR) is 71.5 cm³/mol. The van der Waals surface area contributed by atoms with Crippen LogP contribution < -0.4 is 10.6 Å². The van der Waals surface area contributed by atoms with Gasteiger partial charge in [0.15, 0.2) is 11.5 Å². The molecule has 0 radical (unpaired) electrons. The minimum absolute atomic E-state index is 0.627. The number of benzene rings is 1. The van der Waals surface area contributed by atoms with Crippen LogP contribution in [-0.2, 0) is 6.54 Å². The monoisotopic (exact) mass is 255 g/mol. The fourth-order valence-corrected chi connectivity index (χ4v) is 1.90. The van der Waals surface area contributed by atoms with E-state index in [2.05, 4.69) is 20.5 Å². The van der Waals surface area contributed by atoms with Crippen LogP contribution in [0.3, 0.4) is 0 Å². The molecule has 0 saturated heterocycles. The summed E-state index contributed by atoms with van der Waals surface area (Å²) in [5.74, 6) is 0.833. The average molecular weight is 255 g/mol. The third-order valence-corrected chi connectivity index (χ3v) is 2.88. The van der Waals surface area contributed by atoms with Crippen LogP contribution in [0.25, 0.3) is 5.65 Å². The molecule has 0 spiro atoms. The molecule has 3 aromatic rings. The Kier molecular flexibility index (Phi) is 2.71. The maximum atomic E-state index is 5.67. The van der Waals surface area contributed by atoms with Crippen LogP contribution in [0.4, 0.5) is 11.5 Å². The summed E-state index contributed by atoms with van der Waals surface area (Å²) in [5.41, 5.74) is 8.22. The number of nitrogen functional groups attached to an aromatic ring is 1. The van der Waals surface area contributed by atoms with E-state index < -0.39 is 0 Å². The van der Waals surface area contributed by atoms with Crippen LogP contribution in [-0.4, -0.2) is 32.1 Å². The number of hydrogen-bond acceptors (Lipinski definition) is 6. The lowest BCUT2D eigenvalue weighted by Crippen LogP contribution is -2.20. The smallest absolute Gasteiger partial charge is 0.199 e. The lowest BCUT2D eigenvalue weighted by Gasteiger charge is -2.18. The third kappa shape index (κ3) is 2.17. The van der Waals surface area contributed by atoms with Crippen molar-refractivity contribution in [2.24, 2.45) is 0 Å². The van der Waals surface area contributed by atoms with Crippen molar-refractivity contribution in [1.29, 1.82) is 0 Å². The number of anilines is 2. The second-order valence-electron chi connectivity index (χ2n) is 4.31. The predicted octanol–water partition coefficient (Wildman–Crippen LogP) is 0.738. The van der Waals surface area contributed by atoms with E-state index in [-0.39, 0.29) is 0 Å². The summed E-state index contributed by atoms with van der Waals surface area (Å²) >= 11 is 0. The Morgan fingerprint density at radius 1 is 1.21 bits per heavy atom. The zero-order valence-corrected chi connectivity index (χ0v) is 10.4. The van der Waals surface area contributed by atoms with Crippen LogP contribution in [0.1, 0.15) is 5.56 Å². The zero-order valence-electron chi connectivity index (χ0n) is 10.4. The van der Waals surface area contributed by atoms with Gasteiger partial charge < -0.3 is 10.6 Å². The molecule has 3 rings (SSSR count). The molecule has 19 heavy (non-hydrogen) atoms. The van der Waals surface area contributed by atoms with Gasteiger partial charge in [-0.3, -0.25) is 4.98 Å². The summed E-state index contributed by atoms with van der Waals surface area (Å²) in [6.45, 7) is 0.723. The SMILES string of the molecule is CN(Cc1ccc(N)cc1)c1cncc2nnnn12. The lowest BCUT2D eigenvalue weighted by molar-refractivity contribution is 0.782. The molecule has 0 fully saturated rings. The third-order valence-electron chi connectivity index (χ3n) is 2.88. The molecule has 2 N–H and O–H groups in total. The van der Waals surface area contributed by atoms with Gasteiger partial charge in [0.05, 0.1) is 12.4 Å². The Hall–Kier alpha value is -2.70. The fraction of sp³-hybridized carbons (Fsp3) is 0.167. The highest BCUT2D eigenvalue weighted by Crippen LogP contribution is 2.15. The molecule has 96 valence electrons. The molecule has 0 aliphatic heterocycles. The molecule has 1 aromatic carbocycles. The topological polar surface area (TPSA) is 85.2 Å². The molecule has 7 nitrogen and oxygen atoms in total. The number of fused-ring (bicyclic) bond motifs is 1. The highest BCUT2D eigenvalue weighted by molar-refractivity contribution is 5.46. The van der Waals surface area contributed by atoms with E-state index in [0.717, 1.165) is 23.6 Å². The standard InChI is InChI=1S/C12H13N7/c1-18(8-9-2-4-10(13)5-3-9)12-7-14-6-11-15-16-17-19(11)12/h2-7H,8,13H2,1H3. The molecule has 0 saturated carbocycles. The minimum atomic E-state index is 0.627. The number of rotatable bonds is 3. The minimum Gasteiger partial charge on any atom is -0.399 e. The van der Waals surface area contributed by atoms with E-state index in [0.29, 0.717) is 5.65 Å². The molecule has 2 heterocycles. The maximum Gasteiger partial charge on any atom is 0.199 e. The van der Waals surface area contributed by atoms with Crippen molar-refractivity contribution in [2.75, 3.05) is 17.7 Å². The van der Waals surface area contributed by atoms with E-state index in [1.807, 2.05) is 36.2 Å². The first-order valence-corrected chi connectivity index (χ1v) is 5.82. The Bertz CT molecular complexity index is 689. The first-order chi connectivity index (χ1) is 9.24. The van der Waals surface area contributed by atoms with E-state index in [4.69, 9.17) is 5.73 Å². The molecular formula is C12H13N7. The molecule has 0 unspecified atom stereocenters. The van der Waals surface area contributed by atoms with Gasteiger partial charge in [-0.05, 0) is 28.1 Å². The summed E-state index contributed by atoms with van der Waals surface area (Å²) in [4.78, 5) is 6.17. The van der Waals surface area contributed by atoms with Crippen molar-refractivity contribution in [2.45, 2.75) is 6.54 Å².